The Kier molecular flexibility index (Phi) is 7.78. The van der Waals surface area contributed by atoms with E-state index in [0.29, 0.717) is 11.1 Å². The molecule has 208 valence electrons. The highest BCUT2D eigenvalue weighted by molar-refractivity contribution is 5.89. The molecule has 0 unspecified atom stereocenters. The van der Waals surface area contributed by atoms with E-state index in [-0.39, 0.29) is 35.7 Å². The van der Waals surface area contributed by atoms with Crippen LogP contribution in [0.2, 0.25) is 0 Å². The van der Waals surface area contributed by atoms with Gasteiger partial charge in [0.1, 0.15) is 18.5 Å². The van der Waals surface area contributed by atoms with Gasteiger partial charge in [-0.1, -0.05) is 0 Å². The minimum atomic E-state index is -4.67. The Balaban J connectivity index is 1.62. The fourth-order valence-corrected chi connectivity index (χ4v) is 4.53. The molecule has 3 atom stereocenters. The number of nitrogens with one attached hydrogen (secondary N) is 1. The zero-order valence-electron chi connectivity index (χ0n) is 22.6. The number of anilines is 2. The number of hydrogen-bond acceptors (Lipinski definition) is 8. The van der Waals surface area contributed by atoms with Crippen LogP contribution in [0.25, 0.3) is 11.1 Å². The normalized spacial score (nSPS) is 17.6. The van der Waals surface area contributed by atoms with Crippen LogP contribution in [-0.2, 0) is 15.7 Å². The fraction of sp³-hybridized carbons (Fsp3) is 0.444. The van der Waals surface area contributed by atoms with Gasteiger partial charge in [-0.15, -0.1) is 0 Å². The third-order valence-corrected chi connectivity index (χ3v) is 6.14. The Hall–Kier alpha value is -3.80. The molecular formula is C27H31F3N6O3. The lowest BCUT2D eigenvalue weighted by Gasteiger charge is -2.31. The lowest BCUT2D eigenvalue weighted by atomic mass is 9.99. The smallest absolute Gasteiger partial charge is 0.433 e. The van der Waals surface area contributed by atoms with Crippen molar-refractivity contribution < 1.29 is 27.4 Å². The third kappa shape index (κ3) is 6.44. The summed E-state index contributed by atoms with van der Waals surface area (Å²) < 4.78 is 53.4. The summed E-state index contributed by atoms with van der Waals surface area (Å²) in [6.07, 6.45) is -1.26. The molecule has 0 radical (unpaired) electrons. The molecule has 1 amide bonds. The monoisotopic (exact) mass is 544 g/mol. The Morgan fingerprint density at radius 3 is 2.44 bits per heavy atom. The molecule has 1 N–H and O–H groups in total. The first-order chi connectivity index (χ1) is 18.2. The molecule has 4 heterocycles. The van der Waals surface area contributed by atoms with E-state index >= 15 is 0 Å². The van der Waals surface area contributed by atoms with Gasteiger partial charge < -0.3 is 14.8 Å². The van der Waals surface area contributed by atoms with Crippen molar-refractivity contribution in [3.63, 3.8) is 0 Å². The van der Waals surface area contributed by atoms with Gasteiger partial charge in [0.2, 0.25) is 5.95 Å². The van der Waals surface area contributed by atoms with Crippen LogP contribution in [0, 0.1) is 6.92 Å². The molecule has 39 heavy (non-hydrogen) atoms. The van der Waals surface area contributed by atoms with Crippen LogP contribution in [0.15, 0.2) is 42.9 Å². The van der Waals surface area contributed by atoms with Gasteiger partial charge in [-0.3, -0.25) is 9.88 Å². The fourth-order valence-electron chi connectivity index (χ4n) is 4.53. The maximum atomic E-state index is 14.0. The summed E-state index contributed by atoms with van der Waals surface area (Å²) >= 11 is 0. The van der Waals surface area contributed by atoms with Gasteiger partial charge in [0.15, 0.2) is 5.69 Å². The van der Waals surface area contributed by atoms with Crippen LogP contribution in [0.1, 0.15) is 57.6 Å². The Morgan fingerprint density at radius 2 is 1.79 bits per heavy atom. The second kappa shape index (κ2) is 10.8. The number of cyclic esters (lactones) is 1. The predicted octanol–water partition coefficient (Wildman–Crippen LogP) is 5.96. The summed E-state index contributed by atoms with van der Waals surface area (Å²) in [4.78, 5) is 30.6. The molecule has 4 rings (SSSR count). The van der Waals surface area contributed by atoms with Gasteiger partial charge in [0, 0.05) is 24.2 Å². The number of alkyl halides is 3. The average molecular weight is 545 g/mol. The number of ether oxygens (including phenoxy) is 2. The molecular weight excluding hydrogens is 513 g/mol. The van der Waals surface area contributed by atoms with Crippen molar-refractivity contribution in [3.8, 4) is 11.1 Å². The van der Waals surface area contributed by atoms with Gasteiger partial charge in [0.05, 0.1) is 23.4 Å². The van der Waals surface area contributed by atoms with Crippen LogP contribution >= 0.6 is 0 Å². The number of carbonyl (C=O) groups excluding carboxylic acids is 1. The number of hydrogen-bond donors (Lipinski definition) is 1. The highest BCUT2D eigenvalue weighted by Gasteiger charge is 2.41. The first-order valence-electron chi connectivity index (χ1n) is 12.5. The zero-order valence-corrected chi connectivity index (χ0v) is 22.6. The number of nitrogens with zero attached hydrogens (tertiary/aromatic N) is 5. The Morgan fingerprint density at radius 1 is 1.10 bits per heavy atom. The van der Waals surface area contributed by atoms with Gasteiger partial charge >= 0.3 is 12.3 Å². The predicted molar refractivity (Wildman–Crippen MR) is 139 cm³/mol. The molecule has 1 fully saturated rings. The van der Waals surface area contributed by atoms with Crippen LogP contribution in [0.4, 0.5) is 29.7 Å². The highest BCUT2D eigenvalue weighted by Crippen LogP contribution is 2.38. The Labute approximate surface area is 224 Å². The third-order valence-electron chi connectivity index (χ3n) is 6.14. The summed E-state index contributed by atoms with van der Waals surface area (Å²) in [5.41, 5.74) is -0.331. The second-order valence-electron chi connectivity index (χ2n) is 10.4. The molecule has 12 heteroatoms. The molecule has 0 spiro atoms. The minimum Gasteiger partial charge on any atom is -0.447 e. The second-order valence-corrected chi connectivity index (χ2v) is 10.4. The quantitative estimate of drug-likeness (QED) is 0.389. The van der Waals surface area contributed by atoms with Gasteiger partial charge in [-0.25, -0.2) is 14.8 Å². The highest BCUT2D eigenvalue weighted by atomic mass is 19.4. The van der Waals surface area contributed by atoms with Crippen LogP contribution < -0.4 is 10.2 Å². The van der Waals surface area contributed by atoms with E-state index in [1.54, 1.807) is 19.9 Å². The molecule has 1 aliphatic rings. The summed E-state index contributed by atoms with van der Waals surface area (Å²) in [5, 5.41) is 3.03. The number of carbonyl (C=O) groups is 1. The van der Waals surface area contributed by atoms with E-state index < -0.39 is 35.6 Å². The first-order valence-corrected chi connectivity index (χ1v) is 12.5. The summed E-state index contributed by atoms with van der Waals surface area (Å²) in [6, 6.07) is 4.95. The van der Waals surface area contributed by atoms with Crippen LogP contribution in [0.5, 0.6) is 0 Å². The number of halogens is 3. The van der Waals surface area contributed by atoms with Crippen molar-refractivity contribution in [1.29, 1.82) is 0 Å². The number of amides is 1. The minimum absolute atomic E-state index is 0.0261. The molecule has 0 bridgehead atoms. The summed E-state index contributed by atoms with van der Waals surface area (Å²) in [7, 11) is 0. The SMILES string of the molecule is Cc1cc(-c2ccncc2)c(C(F)(F)F)nc1[C@H](C)Nc1nccc(N2C(=O)OC[C@@H]2[C@@H](C)OC(C)(C)C)n1. The van der Waals surface area contributed by atoms with Gasteiger partial charge in [-0.2, -0.15) is 18.2 Å². The van der Waals surface area contributed by atoms with Gasteiger partial charge in [0.25, 0.3) is 0 Å². The topological polar surface area (TPSA) is 102 Å². The molecule has 9 nitrogen and oxygen atoms in total. The van der Waals surface area contributed by atoms with Crippen LogP contribution in [0.3, 0.4) is 0 Å². The Bertz CT molecular complexity index is 1330. The molecule has 0 aromatic carbocycles. The van der Waals surface area contributed by atoms with Crippen molar-refractivity contribution >= 4 is 17.9 Å². The molecule has 0 aliphatic carbocycles. The lowest BCUT2D eigenvalue weighted by molar-refractivity contribution is -0.140. The maximum Gasteiger partial charge on any atom is 0.433 e. The van der Waals surface area contributed by atoms with Crippen molar-refractivity contribution in [2.24, 2.45) is 0 Å². The van der Waals surface area contributed by atoms with Crippen molar-refractivity contribution in [2.75, 3.05) is 16.8 Å². The first kappa shape index (κ1) is 28.2. The number of aromatic nitrogens is 4. The molecule has 1 aliphatic heterocycles. The van der Waals surface area contributed by atoms with Crippen molar-refractivity contribution in [3.05, 3.63) is 59.8 Å². The van der Waals surface area contributed by atoms with E-state index in [2.05, 4.69) is 25.3 Å². The molecule has 0 saturated carbocycles. The maximum absolute atomic E-state index is 14.0. The average Bonchev–Trinajstić information content (AvgIpc) is 3.24. The number of aryl methyl sites for hydroxylation is 1. The summed E-state index contributed by atoms with van der Waals surface area (Å²) in [5.74, 6) is 0.404. The molecule has 3 aromatic rings. The largest absolute Gasteiger partial charge is 0.447 e. The molecule has 3 aromatic heterocycles. The number of pyridine rings is 2. The lowest BCUT2D eigenvalue weighted by Crippen LogP contribution is -2.45. The van der Waals surface area contributed by atoms with E-state index in [1.807, 2.05) is 27.7 Å². The zero-order chi connectivity index (χ0) is 28.5. The number of rotatable bonds is 7. The van der Waals surface area contributed by atoms with Gasteiger partial charge in [-0.05, 0) is 76.9 Å². The molecule has 1 saturated heterocycles. The summed E-state index contributed by atoms with van der Waals surface area (Å²) in [6.45, 7) is 11.1. The van der Waals surface area contributed by atoms with Crippen molar-refractivity contribution in [2.45, 2.75) is 71.5 Å². The van der Waals surface area contributed by atoms with Crippen LogP contribution in [-0.4, -0.2) is 50.4 Å². The van der Waals surface area contributed by atoms with Crippen molar-refractivity contribution in [1.82, 2.24) is 19.9 Å². The van der Waals surface area contributed by atoms with E-state index in [4.69, 9.17) is 9.47 Å². The van der Waals surface area contributed by atoms with E-state index in [1.165, 1.54) is 41.7 Å². The standard InChI is InChI=1S/C27H31F3N6O3/c1-15-13-19(18-7-10-31-11-8-18)23(27(28,29)30)35-22(15)16(2)33-24-32-12-9-21(34-24)36-20(14-38-25(36)37)17(3)39-26(4,5)6/h7-13,16-17,20H,14H2,1-6H3,(H,32,33,34)/t16-,17+,20+/m0/s1. The van der Waals surface area contributed by atoms with E-state index in [0.717, 1.165) is 0 Å². The van der Waals surface area contributed by atoms with E-state index in [9.17, 15) is 18.0 Å².